The van der Waals surface area contributed by atoms with Gasteiger partial charge in [-0.25, -0.2) is 9.59 Å². The van der Waals surface area contributed by atoms with Crippen LogP contribution in [0.25, 0.3) is 0 Å². The number of alkyl carbamates (subject to hydrolysis) is 2. The van der Waals surface area contributed by atoms with Crippen molar-refractivity contribution in [3.63, 3.8) is 0 Å². The van der Waals surface area contributed by atoms with Crippen molar-refractivity contribution in [3.8, 4) is 0 Å². The number of rotatable bonds is 2. The first kappa shape index (κ1) is 11.5. The Morgan fingerprint density at radius 2 is 1.31 bits per heavy atom. The van der Waals surface area contributed by atoms with Gasteiger partial charge in [0, 0.05) is 0 Å². The molecule has 0 aromatic heterocycles. The molecule has 0 atom stereocenters. The fourth-order valence-corrected chi connectivity index (χ4v) is 0.644. The van der Waals surface area contributed by atoms with E-state index in [1.54, 1.807) is 13.8 Å². The fraction of sp³-hybridized carbons (Fsp3) is 0.714. The number of nitrogens with one attached hydrogen (secondary N) is 2. The van der Waals surface area contributed by atoms with E-state index in [1.165, 1.54) is 14.2 Å². The van der Waals surface area contributed by atoms with Crippen LogP contribution in [0.5, 0.6) is 0 Å². The lowest BCUT2D eigenvalue weighted by molar-refractivity contribution is 0.139. The molecule has 0 bridgehead atoms. The van der Waals surface area contributed by atoms with Crippen molar-refractivity contribution in [2.24, 2.45) is 0 Å². The number of hydrogen-bond donors (Lipinski definition) is 2. The normalized spacial score (nSPS) is 10.2. The fourth-order valence-electron chi connectivity index (χ4n) is 0.644. The third kappa shape index (κ3) is 4.89. The van der Waals surface area contributed by atoms with Crippen LogP contribution in [0, 0.1) is 0 Å². The van der Waals surface area contributed by atoms with Crippen LogP contribution in [0.2, 0.25) is 0 Å². The Morgan fingerprint density at radius 1 is 1.00 bits per heavy atom. The maximum absolute atomic E-state index is 10.8. The molecule has 0 heterocycles. The maximum atomic E-state index is 10.8. The van der Waals surface area contributed by atoms with Gasteiger partial charge in [0.1, 0.15) is 5.66 Å². The van der Waals surface area contributed by atoms with Crippen LogP contribution < -0.4 is 10.6 Å². The number of carbonyl (C=O) groups is 2. The second kappa shape index (κ2) is 4.54. The van der Waals surface area contributed by atoms with E-state index in [4.69, 9.17) is 0 Å². The summed E-state index contributed by atoms with van der Waals surface area (Å²) in [7, 11) is 2.48. The molecule has 0 radical (unpaired) electrons. The van der Waals surface area contributed by atoms with E-state index in [-0.39, 0.29) is 0 Å². The first-order valence-electron chi connectivity index (χ1n) is 3.63. The highest BCUT2D eigenvalue weighted by Gasteiger charge is 2.22. The van der Waals surface area contributed by atoms with Crippen LogP contribution in [-0.2, 0) is 9.47 Å². The number of carbonyl (C=O) groups excluding carboxylic acids is 2. The molecular weight excluding hydrogens is 176 g/mol. The second-order valence-corrected chi connectivity index (χ2v) is 2.86. The molecule has 2 amide bonds. The van der Waals surface area contributed by atoms with Gasteiger partial charge >= 0.3 is 12.2 Å². The molecule has 0 aromatic rings. The van der Waals surface area contributed by atoms with Gasteiger partial charge in [0.2, 0.25) is 0 Å². The van der Waals surface area contributed by atoms with Gasteiger partial charge in [-0.05, 0) is 13.8 Å². The molecule has 0 spiro atoms. The molecule has 0 aliphatic rings. The Hall–Kier alpha value is -1.46. The number of ether oxygens (including phenoxy) is 2. The molecule has 76 valence electrons. The van der Waals surface area contributed by atoms with Crippen molar-refractivity contribution in [1.29, 1.82) is 0 Å². The molecule has 0 fully saturated rings. The third-order valence-corrected chi connectivity index (χ3v) is 1.20. The van der Waals surface area contributed by atoms with Crippen molar-refractivity contribution < 1.29 is 19.1 Å². The third-order valence-electron chi connectivity index (χ3n) is 1.20. The van der Waals surface area contributed by atoms with Crippen molar-refractivity contribution in [2.45, 2.75) is 19.5 Å². The van der Waals surface area contributed by atoms with Crippen LogP contribution >= 0.6 is 0 Å². The molecule has 0 aliphatic carbocycles. The van der Waals surface area contributed by atoms with Crippen LogP contribution in [0.4, 0.5) is 9.59 Å². The molecule has 0 aliphatic heterocycles. The molecule has 0 saturated heterocycles. The molecule has 0 unspecified atom stereocenters. The van der Waals surface area contributed by atoms with Gasteiger partial charge in [-0.1, -0.05) is 0 Å². The number of hydrogen-bond acceptors (Lipinski definition) is 4. The van der Waals surface area contributed by atoms with Gasteiger partial charge in [-0.15, -0.1) is 0 Å². The Bertz CT molecular complexity index is 183. The van der Waals surface area contributed by atoms with Crippen LogP contribution in [0.3, 0.4) is 0 Å². The van der Waals surface area contributed by atoms with E-state index in [1.807, 2.05) is 0 Å². The van der Waals surface area contributed by atoms with E-state index >= 15 is 0 Å². The number of amides is 2. The second-order valence-electron chi connectivity index (χ2n) is 2.86. The number of methoxy groups -OCH3 is 2. The molecule has 6 nitrogen and oxygen atoms in total. The van der Waals surface area contributed by atoms with Gasteiger partial charge in [-0.2, -0.15) is 0 Å². The lowest BCUT2D eigenvalue weighted by Gasteiger charge is -2.25. The highest BCUT2D eigenvalue weighted by atomic mass is 16.5. The zero-order chi connectivity index (χ0) is 10.5. The lowest BCUT2D eigenvalue weighted by Crippen LogP contribution is -2.56. The average molecular weight is 190 g/mol. The lowest BCUT2D eigenvalue weighted by atomic mass is 10.2. The summed E-state index contributed by atoms with van der Waals surface area (Å²) >= 11 is 0. The molecule has 6 heteroatoms. The SMILES string of the molecule is COC(=O)NC(C)(C)NC(=O)OC. The Morgan fingerprint density at radius 3 is 1.54 bits per heavy atom. The highest BCUT2D eigenvalue weighted by Crippen LogP contribution is 1.97. The molecule has 2 N–H and O–H groups in total. The summed E-state index contributed by atoms with van der Waals surface area (Å²) in [6.07, 6.45) is -1.25. The summed E-state index contributed by atoms with van der Waals surface area (Å²) in [5, 5.41) is 4.80. The van der Waals surface area contributed by atoms with E-state index in [2.05, 4.69) is 20.1 Å². The van der Waals surface area contributed by atoms with E-state index in [9.17, 15) is 9.59 Å². The van der Waals surface area contributed by atoms with Crippen molar-refractivity contribution >= 4 is 12.2 Å². The summed E-state index contributed by atoms with van der Waals surface area (Å²) in [6.45, 7) is 3.20. The Labute approximate surface area is 76.6 Å². The van der Waals surface area contributed by atoms with Crippen LogP contribution in [0.1, 0.15) is 13.8 Å². The van der Waals surface area contributed by atoms with Crippen LogP contribution in [0.15, 0.2) is 0 Å². The van der Waals surface area contributed by atoms with Gasteiger partial charge in [-0.3, -0.25) is 10.6 Å². The van der Waals surface area contributed by atoms with Gasteiger partial charge < -0.3 is 9.47 Å². The Kier molecular flexibility index (Phi) is 4.03. The van der Waals surface area contributed by atoms with E-state index < -0.39 is 17.8 Å². The minimum Gasteiger partial charge on any atom is -0.453 e. The Balaban J connectivity index is 4.07. The maximum Gasteiger partial charge on any atom is 0.408 e. The molecule has 13 heavy (non-hydrogen) atoms. The quantitative estimate of drug-likeness (QED) is 0.619. The topological polar surface area (TPSA) is 76.7 Å². The molecular formula is C7H14N2O4. The minimum atomic E-state index is -0.903. The largest absolute Gasteiger partial charge is 0.453 e. The smallest absolute Gasteiger partial charge is 0.408 e. The monoisotopic (exact) mass is 190 g/mol. The van der Waals surface area contributed by atoms with Gasteiger partial charge in [0.05, 0.1) is 14.2 Å². The standard InChI is InChI=1S/C7H14N2O4/c1-7(2,8-5(10)12-3)9-6(11)13-4/h1-4H3,(H,8,10)(H,9,11). The zero-order valence-electron chi connectivity index (χ0n) is 8.13. The summed E-state index contributed by atoms with van der Waals surface area (Å²) < 4.78 is 8.72. The van der Waals surface area contributed by atoms with Crippen molar-refractivity contribution in [1.82, 2.24) is 10.6 Å². The van der Waals surface area contributed by atoms with E-state index in [0.29, 0.717) is 0 Å². The first-order chi connectivity index (χ1) is 5.91. The van der Waals surface area contributed by atoms with E-state index in [0.717, 1.165) is 0 Å². The molecule has 0 aromatic carbocycles. The predicted octanol–water partition coefficient (Wildman–Crippen LogP) is 0.434. The summed E-state index contributed by atoms with van der Waals surface area (Å²) in [6, 6.07) is 0. The average Bonchev–Trinajstić information content (AvgIpc) is 2.02. The van der Waals surface area contributed by atoms with Gasteiger partial charge in [0.25, 0.3) is 0 Å². The van der Waals surface area contributed by atoms with Crippen LogP contribution in [-0.4, -0.2) is 32.1 Å². The van der Waals surface area contributed by atoms with Gasteiger partial charge in [0.15, 0.2) is 0 Å². The predicted molar refractivity (Wildman–Crippen MR) is 45.2 cm³/mol. The zero-order valence-corrected chi connectivity index (χ0v) is 8.13. The van der Waals surface area contributed by atoms with Crippen molar-refractivity contribution in [3.05, 3.63) is 0 Å². The minimum absolute atomic E-state index is 0.624. The summed E-state index contributed by atoms with van der Waals surface area (Å²) in [4.78, 5) is 21.5. The molecule has 0 rings (SSSR count). The first-order valence-corrected chi connectivity index (χ1v) is 3.63. The van der Waals surface area contributed by atoms with Crippen molar-refractivity contribution in [2.75, 3.05) is 14.2 Å². The highest BCUT2D eigenvalue weighted by molar-refractivity contribution is 5.71. The molecule has 0 saturated carbocycles. The summed E-state index contributed by atoms with van der Waals surface area (Å²) in [5.74, 6) is 0. The summed E-state index contributed by atoms with van der Waals surface area (Å²) in [5.41, 5.74) is -0.903.